The maximum absolute atomic E-state index is 12.0. The van der Waals surface area contributed by atoms with Gasteiger partial charge in [0.2, 0.25) is 0 Å². The summed E-state index contributed by atoms with van der Waals surface area (Å²) in [7, 11) is 5.87. The van der Waals surface area contributed by atoms with E-state index in [2.05, 4.69) is 25.7 Å². The van der Waals surface area contributed by atoms with Gasteiger partial charge >= 0.3 is 6.03 Å². The molecule has 8 heteroatoms. The Morgan fingerprint density at radius 2 is 2.09 bits per heavy atom. The molecule has 2 amide bonds. The van der Waals surface area contributed by atoms with Crippen molar-refractivity contribution in [2.24, 2.45) is 7.05 Å². The number of carbonyl (C=O) groups excluding carboxylic acids is 1. The van der Waals surface area contributed by atoms with E-state index < -0.39 is 0 Å². The summed E-state index contributed by atoms with van der Waals surface area (Å²) in [6, 6.07) is -0.374. The molecule has 22 heavy (non-hydrogen) atoms. The Bertz CT molecular complexity index is 616. The quantitative estimate of drug-likeness (QED) is 0.836. The van der Waals surface area contributed by atoms with Crippen molar-refractivity contribution in [3.8, 4) is 0 Å². The molecule has 0 saturated carbocycles. The number of hydrogen-bond acceptors (Lipinski definition) is 4. The second-order valence-electron chi connectivity index (χ2n) is 5.56. The molecule has 2 aromatic heterocycles. The fourth-order valence-electron chi connectivity index (χ4n) is 1.96. The van der Waals surface area contributed by atoms with Gasteiger partial charge in [-0.2, -0.15) is 10.2 Å². The molecule has 2 aromatic rings. The molecule has 0 bridgehead atoms. The number of nitrogens with zero attached hydrogens (tertiary/aromatic N) is 5. The van der Waals surface area contributed by atoms with Crippen molar-refractivity contribution >= 4 is 11.7 Å². The molecular formula is C14H23N7O. The number of urea groups is 1. The zero-order valence-corrected chi connectivity index (χ0v) is 13.4. The Morgan fingerprint density at radius 1 is 1.32 bits per heavy atom. The Labute approximate surface area is 130 Å². The predicted octanol–water partition coefficient (Wildman–Crippen LogP) is 1.06. The van der Waals surface area contributed by atoms with Gasteiger partial charge in [-0.3, -0.25) is 9.36 Å². The van der Waals surface area contributed by atoms with E-state index in [-0.39, 0.29) is 12.1 Å². The Hall–Kier alpha value is -2.35. The van der Waals surface area contributed by atoms with Gasteiger partial charge in [-0.1, -0.05) is 0 Å². The van der Waals surface area contributed by atoms with E-state index in [9.17, 15) is 4.79 Å². The first-order valence-corrected chi connectivity index (χ1v) is 7.17. The average Bonchev–Trinajstić information content (AvgIpc) is 3.05. The highest BCUT2D eigenvalue weighted by atomic mass is 16.2. The molecule has 8 nitrogen and oxygen atoms in total. The molecule has 2 N–H and O–H groups in total. The molecule has 0 radical (unpaired) electrons. The Balaban J connectivity index is 1.84. The fraction of sp³-hybridized carbons (Fsp3) is 0.500. The van der Waals surface area contributed by atoms with Crippen molar-refractivity contribution in [2.45, 2.75) is 19.5 Å². The zero-order valence-electron chi connectivity index (χ0n) is 13.4. The first-order chi connectivity index (χ1) is 10.4. The van der Waals surface area contributed by atoms with Gasteiger partial charge in [-0.05, 0) is 21.0 Å². The van der Waals surface area contributed by atoms with Gasteiger partial charge in [0.15, 0.2) is 0 Å². The number of nitrogens with one attached hydrogen (secondary N) is 2. The molecule has 1 atom stereocenters. The van der Waals surface area contributed by atoms with Crippen LogP contribution in [0, 0.1) is 0 Å². The third kappa shape index (κ3) is 4.59. The average molecular weight is 305 g/mol. The molecule has 2 rings (SSSR count). The zero-order chi connectivity index (χ0) is 16.1. The lowest BCUT2D eigenvalue weighted by atomic mass is 10.2. The number of amides is 2. The monoisotopic (exact) mass is 305 g/mol. The van der Waals surface area contributed by atoms with E-state index in [0.29, 0.717) is 5.69 Å². The summed E-state index contributed by atoms with van der Waals surface area (Å²) < 4.78 is 3.51. The summed E-state index contributed by atoms with van der Waals surface area (Å²) in [5, 5.41) is 14.0. The van der Waals surface area contributed by atoms with E-state index in [0.717, 1.165) is 18.7 Å². The number of aryl methyl sites for hydroxylation is 1. The van der Waals surface area contributed by atoms with Crippen LogP contribution in [0.4, 0.5) is 10.5 Å². The molecule has 0 aliphatic rings. The maximum atomic E-state index is 12.0. The van der Waals surface area contributed by atoms with Crippen LogP contribution in [0.15, 0.2) is 24.8 Å². The van der Waals surface area contributed by atoms with E-state index in [1.807, 2.05) is 40.5 Å². The third-order valence-corrected chi connectivity index (χ3v) is 3.24. The summed E-state index contributed by atoms with van der Waals surface area (Å²) in [6.07, 6.45) is 7.08. The van der Waals surface area contributed by atoms with E-state index >= 15 is 0 Å². The Morgan fingerprint density at radius 3 is 2.73 bits per heavy atom. The number of likely N-dealkylation sites (N-methyl/N-ethyl adjacent to an activating group) is 1. The summed E-state index contributed by atoms with van der Waals surface area (Å²) in [5.41, 5.74) is 1.63. The first kappa shape index (κ1) is 16.0. The highest BCUT2D eigenvalue weighted by Crippen LogP contribution is 2.11. The van der Waals surface area contributed by atoms with Crippen LogP contribution in [0.2, 0.25) is 0 Å². The molecule has 2 heterocycles. The minimum absolute atomic E-state index is 0.113. The summed E-state index contributed by atoms with van der Waals surface area (Å²) >= 11 is 0. The van der Waals surface area contributed by atoms with Crippen molar-refractivity contribution < 1.29 is 4.79 Å². The lowest BCUT2D eigenvalue weighted by Crippen LogP contribution is -2.30. The van der Waals surface area contributed by atoms with Crippen LogP contribution in [0.1, 0.15) is 18.5 Å². The van der Waals surface area contributed by atoms with Gasteiger partial charge in [0.25, 0.3) is 0 Å². The van der Waals surface area contributed by atoms with Crippen molar-refractivity contribution in [1.82, 2.24) is 29.8 Å². The molecule has 0 aromatic carbocycles. The van der Waals surface area contributed by atoms with Crippen LogP contribution in [-0.4, -0.2) is 51.1 Å². The predicted molar refractivity (Wildman–Crippen MR) is 84.6 cm³/mol. The van der Waals surface area contributed by atoms with Gasteiger partial charge in [0, 0.05) is 31.5 Å². The highest BCUT2D eigenvalue weighted by Gasteiger charge is 2.11. The van der Waals surface area contributed by atoms with Gasteiger partial charge in [-0.15, -0.1) is 0 Å². The van der Waals surface area contributed by atoms with Crippen LogP contribution < -0.4 is 10.6 Å². The highest BCUT2D eigenvalue weighted by molar-refractivity contribution is 5.89. The standard InChI is InChI=1S/C14H23N7O/c1-11(12-7-15-20(4)9-12)17-14(22)18-13-8-16-21(10-13)6-5-19(2)3/h7-11H,5-6H2,1-4H3,(H2,17,18,22)/t11-/m1/s1. The number of aromatic nitrogens is 4. The summed E-state index contributed by atoms with van der Waals surface area (Å²) in [6.45, 7) is 3.59. The largest absolute Gasteiger partial charge is 0.331 e. The van der Waals surface area contributed by atoms with Crippen molar-refractivity contribution in [2.75, 3.05) is 26.0 Å². The second kappa shape index (κ2) is 7.08. The van der Waals surface area contributed by atoms with Crippen LogP contribution >= 0.6 is 0 Å². The topological polar surface area (TPSA) is 80.0 Å². The molecule has 0 saturated heterocycles. The van der Waals surface area contributed by atoms with Crippen molar-refractivity contribution in [1.29, 1.82) is 0 Å². The number of anilines is 1. The van der Waals surface area contributed by atoms with Crippen molar-refractivity contribution in [3.05, 3.63) is 30.4 Å². The van der Waals surface area contributed by atoms with E-state index in [1.165, 1.54) is 0 Å². The summed E-state index contributed by atoms with van der Waals surface area (Å²) in [4.78, 5) is 14.1. The first-order valence-electron chi connectivity index (χ1n) is 7.17. The van der Waals surface area contributed by atoms with E-state index in [4.69, 9.17) is 0 Å². The third-order valence-electron chi connectivity index (χ3n) is 3.24. The minimum Gasteiger partial charge on any atom is -0.331 e. The van der Waals surface area contributed by atoms with Crippen LogP contribution in [-0.2, 0) is 13.6 Å². The van der Waals surface area contributed by atoms with Gasteiger partial charge in [-0.25, -0.2) is 4.79 Å². The molecule has 0 aliphatic heterocycles. The lowest BCUT2D eigenvalue weighted by molar-refractivity contribution is 0.249. The van der Waals surface area contributed by atoms with Gasteiger partial charge in [0.05, 0.1) is 30.7 Å². The normalized spacial score (nSPS) is 12.4. The van der Waals surface area contributed by atoms with Gasteiger partial charge in [0.1, 0.15) is 0 Å². The van der Waals surface area contributed by atoms with Gasteiger partial charge < -0.3 is 15.5 Å². The molecule has 120 valence electrons. The SMILES string of the molecule is C[C@@H](NC(=O)Nc1cnn(CCN(C)C)c1)c1cnn(C)c1. The van der Waals surface area contributed by atoms with Crippen LogP contribution in [0.3, 0.4) is 0 Å². The second-order valence-corrected chi connectivity index (χ2v) is 5.56. The lowest BCUT2D eigenvalue weighted by Gasteiger charge is -2.12. The molecular weight excluding hydrogens is 282 g/mol. The van der Waals surface area contributed by atoms with E-state index in [1.54, 1.807) is 21.8 Å². The Kier molecular flexibility index (Phi) is 5.16. The smallest absolute Gasteiger partial charge is 0.319 e. The molecule has 0 unspecified atom stereocenters. The number of hydrogen-bond donors (Lipinski definition) is 2. The van der Waals surface area contributed by atoms with Crippen LogP contribution in [0.5, 0.6) is 0 Å². The molecule has 0 aliphatic carbocycles. The van der Waals surface area contributed by atoms with Crippen LogP contribution in [0.25, 0.3) is 0 Å². The number of rotatable bonds is 6. The fourth-order valence-corrected chi connectivity index (χ4v) is 1.96. The maximum Gasteiger partial charge on any atom is 0.319 e. The van der Waals surface area contributed by atoms with Crippen molar-refractivity contribution in [3.63, 3.8) is 0 Å². The number of carbonyl (C=O) groups is 1. The molecule has 0 fully saturated rings. The summed E-state index contributed by atoms with van der Waals surface area (Å²) in [5.74, 6) is 0. The minimum atomic E-state index is -0.261. The molecule has 0 spiro atoms.